The van der Waals surface area contributed by atoms with E-state index in [2.05, 4.69) is 0 Å². The molecule has 1 unspecified atom stereocenters. The number of fused-ring (bicyclic) bond motifs is 1. The van der Waals surface area contributed by atoms with Crippen LogP contribution in [0.1, 0.15) is 39.6 Å². The Kier molecular flexibility index (Phi) is 4.12. The summed E-state index contributed by atoms with van der Waals surface area (Å²) < 4.78 is 18.3. The van der Waals surface area contributed by atoms with Crippen LogP contribution in [0.4, 0.5) is 4.39 Å². The molecule has 0 aromatic heterocycles. The number of nitrogens with zero attached hydrogens (tertiary/aromatic N) is 1. The van der Waals surface area contributed by atoms with Crippen LogP contribution in [0.2, 0.25) is 0 Å². The number of carbonyl (C=O) groups excluding carboxylic acids is 3. The first-order valence-electron chi connectivity index (χ1n) is 7.79. The minimum absolute atomic E-state index is 0.0940. The van der Waals surface area contributed by atoms with Crippen molar-refractivity contribution in [1.29, 1.82) is 0 Å². The number of hydrogen-bond acceptors (Lipinski definition) is 4. The minimum atomic E-state index is -1.66. The van der Waals surface area contributed by atoms with Crippen molar-refractivity contribution in [3.63, 3.8) is 0 Å². The summed E-state index contributed by atoms with van der Waals surface area (Å²) in [6.45, 7) is 1.67. The van der Waals surface area contributed by atoms with E-state index in [0.29, 0.717) is 5.56 Å². The Morgan fingerprint density at radius 2 is 1.56 bits per heavy atom. The third kappa shape index (κ3) is 2.33. The molecule has 2 amide bonds. The van der Waals surface area contributed by atoms with Crippen molar-refractivity contribution in [1.82, 2.24) is 4.90 Å². The van der Waals surface area contributed by atoms with Gasteiger partial charge in [-0.15, -0.1) is 0 Å². The van der Waals surface area contributed by atoms with Crippen LogP contribution in [0.3, 0.4) is 0 Å². The van der Waals surface area contributed by atoms with Gasteiger partial charge in [0, 0.05) is 0 Å². The molecule has 0 spiro atoms. The van der Waals surface area contributed by atoms with Crippen molar-refractivity contribution < 1.29 is 23.5 Å². The van der Waals surface area contributed by atoms with E-state index in [1.807, 2.05) is 0 Å². The second-order valence-corrected chi connectivity index (χ2v) is 5.70. The van der Waals surface area contributed by atoms with E-state index in [9.17, 15) is 18.8 Å². The first-order chi connectivity index (χ1) is 12.0. The molecule has 6 heteroatoms. The molecule has 0 saturated heterocycles. The molecule has 2 aromatic carbocycles. The van der Waals surface area contributed by atoms with E-state index >= 15 is 0 Å². The quantitative estimate of drug-likeness (QED) is 0.634. The van der Waals surface area contributed by atoms with Gasteiger partial charge in [0.1, 0.15) is 5.82 Å². The summed E-state index contributed by atoms with van der Waals surface area (Å²) in [5, 5.41) is 0. The van der Waals surface area contributed by atoms with Gasteiger partial charge in [0.2, 0.25) is 0 Å². The summed E-state index contributed by atoms with van der Waals surface area (Å²) in [7, 11) is 1.19. The van der Waals surface area contributed by atoms with E-state index in [1.54, 1.807) is 19.1 Å². The maximum absolute atomic E-state index is 13.3. The van der Waals surface area contributed by atoms with Crippen molar-refractivity contribution in [3.05, 3.63) is 71.0 Å². The number of ether oxygens (including phenoxy) is 1. The molecule has 1 aliphatic heterocycles. The zero-order valence-corrected chi connectivity index (χ0v) is 13.8. The molecule has 2 aromatic rings. The van der Waals surface area contributed by atoms with Gasteiger partial charge in [-0.2, -0.15) is 0 Å². The summed E-state index contributed by atoms with van der Waals surface area (Å²) >= 11 is 0. The van der Waals surface area contributed by atoms with Crippen LogP contribution < -0.4 is 0 Å². The number of halogens is 1. The molecule has 1 atom stereocenters. The number of benzene rings is 2. The molecule has 0 aliphatic carbocycles. The molecule has 25 heavy (non-hydrogen) atoms. The molecule has 0 radical (unpaired) electrons. The molecule has 3 rings (SSSR count). The van der Waals surface area contributed by atoms with Crippen LogP contribution in [0.5, 0.6) is 0 Å². The maximum Gasteiger partial charge on any atom is 0.337 e. The average Bonchev–Trinajstić information content (AvgIpc) is 2.89. The van der Waals surface area contributed by atoms with Crippen molar-refractivity contribution in [2.75, 3.05) is 7.11 Å². The number of rotatable bonds is 4. The van der Waals surface area contributed by atoms with E-state index < -0.39 is 29.1 Å². The lowest BCUT2D eigenvalue weighted by atomic mass is 9.85. The lowest BCUT2D eigenvalue weighted by molar-refractivity contribution is -0.153. The van der Waals surface area contributed by atoms with Crippen LogP contribution in [0.25, 0.3) is 0 Å². The van der Waals surface area contributed by atoms with Gasteiger partial charge in [0.25, 0.3) is 11.8 Å². The Balaban J connectivity index is 2.23. The Hall–Kier alpha value is -3.02. The zero-order chi connectivity index (χ0) is 18.2. The number of esters is 1. The third-order valence-corrected chi connectivity index (χ3v) is 4.53. The molecule has 5 nitrogen and oxygen atoms in total. The SMILES string of the molecule is CCC(C(=O)OC)(c1ccc(F)cc1)N1C(=O)c2ccccc2C1=O. The van der Waals surface area contributed by atoms with Crippen LogP contribution in [0.15, 0.2) is 48.5 Å². The summed E-state index contributed by atoms with van der Waals surface area (Å²) in [5.74, 6) is -2.38. The molecule has 128 valence electrons. The van der Waals surface area contributed by atoms with Crippen molar-refractivity contribution in [2.24, 2.45) is 0 Å². The molecule has 0 N–H and O–H groups in total. The first-order valence-corrected chi connectivity index (χ1v) is 7.79. The molecule has 0 fully saturated rings. The Labute approximate surface area is 144 Å². The average molecular weight is 341 g/mol. The summed E-state index contributed by atoms with van der Waals surface area (Å²) in [5.41, 5.74) is -0.874. The van der Waals surface area contributed by atoms with Crippen LogP contribution in [0, 0.1) is 5.82 Å². The predicted molar refractivity (Wildman–Crippen MR) is 87.3 cm³/mol. The lowest BCUT2D eigenvalue weighted by Crippen LogP contribution is -2.54. The highest BCUT2D eigenvalue weighted by atomic mass is 19.1. The fourth-order valence-corrected chi connectivity index (χ4v) is 3.28. The topological polar surface area (TPSA) is 63.7 Å². The fraction of sp³-hybridized carbons (Fsp3) is 0.211. The minimum Gasteiger partial charge on any atom is -0.467 e. The van der Waals surface area contributed by atoms with E-state index in [-0.39, 0.29) is 17.5 Å². The van der Waals surface area contributed by atoms with Crippen molar-refractivity contribution >= 4 is 17.8 Å². The van der Waals surface area contributed by atoms with E-state index in [4.69, 9.17) is 4.74 Å². The Morgan fingerprint density at radius 1 is 1.04 bits per heavy atom. The van der Waals surface area contributed by atoms with Crippen molar-refractivity contribution in [3.8, 4) is 0 Å². The third-order valence-electron chi connectivity index (χ3n) is 4.53. The van der Waals surface area contributed by atoms with Gasteiger partial charge in [0.15, 0.2) is 5.54 Å². The van der Waals surface area contributed by atoms with Gasteiger partial charge in [0.05, 0.1) is 18.2 Å². The van der Waals surface area contributed by atoms with Crippen LogP contribution >= 0.6 is 0 Å². The van der Waals surface area contributed by atoms with Gasteiger partial charge in [-0.25, -0.2) is 9.18 Å². The number of imide groups is 1. The maximum atomic E-state index is 13.3. The second kappa shape index (κ2) is 6.12. The van der Waals surface area contributed by atoms with Crippen LogP contribution in [-0.2, 0) is 15.1 Å². The lowest BCUT2D eigenvalue weighted by Gasteiger charge is -2.37. The second-order valence-electron chi connectivity index (χ2n) is 5.70. The standard InChI is InChI=1S/C19H16FNO4/c1-3-19(18(24)25-2,12-8-10-13(20)11-9-12)21-16(22)14-6-4-5-7-15(14)17(21)23/h4-11H,3H2,1-2H3. The first kappa shape index (κ1) is 16.8. The largest absolute Gasteiger partial charge is 0.467 e. The van der Waals surface area contributed by atoms with Gasteiger partial charge in [-0.1, -0.05) is 31.2 Å². The van der Waals surface area contributed by atoms with E-state index in [1.165, 1.54) is 43.5 Å². The zero-order valence-electron chi connectivity index (χ0n) is 13.8. The van der Waals surface area contributed by atoms with Gasteiger partial charge < -0.3 is 4.74 Å². The number of hydrogen-bond donors (Lipinski definition) is 0. The number of carbonyl (C=O) groups is 3. The molecular weight excluding hydrogens is 325 g/mol. The summed E-state index contributed by atoms with van der Waals surface area (Å²) in [6.07, 6.45) is 0.0940. The molecule has 1 aliphatic rings. The highest BCUT2D eigenvalue weighted by Crippen LogP contribution is 2.39. The Bertz CT molecular complexity index is 827. The molecule has 0 saturated carbocycles. The predicted octanol–water partition coefficient (Wildman–Crippen LogP) is 2.90. The van der Waals surface area contributed by atoms with Gasteiger partial charge in [-0.05, 0) is 36.2 Å². The van der Waals surface area contributed by atoms with Crippen molar-refractivity contribution in [2.45, 2.75) is 18.9 Å². The smallest absolute Gasteiger partial charge is 0.337 e. The molecular formula is C19H16FNO4. The number of methoxy groups -OCH3 is 1. The highest BCUT2D eigenvalue weighted by molar-refractivity contribution is 6.23. The Morgan fingerprint density at radius 3 is 2.00 bits per heavy atom. The fourth-order valence-electron chi connectivity index (χ4n) is 3.28. The van der Waals surface area contributed by atoms with Gasteiger partial charge >= 0.3 is 5.97 Å². The monoisotopic (exact) mass is 341 g/mol. The van der Waals surface area contributed by atoms with E-state index in [0.717, 1.165) is 4.90 Å². The van der Waals surface area contributed by atoms with Crippen LogP contribution in [-0.4, -0.2) is 29.8 Å². The highest BCUT2D eigenvalue weighted by Gasteiger charge is 2.54. The van der Waals surface area contributed by atoms with Gasteiger partial charge in [-0.3, -0.25) is 14.5 Å². The molecule has 0 bridgehead atoms. The normalized spacial score (nSPS) is 15.7. The summed E-state index contributed by atoms with van der Waals surface area (Å²) in [4.78, 5) is 39.4. The summed E-state index contributed by atoms with van der Waals surface area (Å²) in [6, 6.07) is 11.5. The number of amides is 2. The molecule has 1 heterocycles.